The van der Waals surface area contributed by atoms with Crippen LogP contribution in [0.5, 0.6) is 0 Å². The molecule has 1 aromatic rings. The molecule has 15 heavy (non-hydrogen) atoms. The van der Waals surface area contributed by atoms with Gasteiger partial charge in [0.25, 0.3) is 0 Å². The molecule has 0 atom stereocenters. The Morgan fingerprint density at radius 1 is 1.13 bits per heavy atom. The second kappa shape index (κ2) is 5.34. The Hall–Kier alpha value is -0.780. The maximum absolute atomic E-state index is 2.40. The number of hydrogen-bond acceptors (Lipinski definition) is 0. The average Bonchev–Trinajstić information content (AvgIpc) is 2.71. The van der Waals surface area contributed by atoms with Crippen LogP contribution in [-0.4, -0.2) is 0 Å². The molecule has 0 fully saturated rings. The van der Waals surface area contributed by atoms with Crippen LogP contribution >= 0.6 is 0 Å². The highest BCUT2D eigenvalue weighted by Crippen LogP contribution is 2.25. The van der Waals surface area contributed by atoms with Gasteiger partial charge in [-0.2, -0.15) is 0 Å². The first-order valence-corrected chi connectivity index (χ1v) is 6.35. The SMILES string of the molecule is CCCCCCc1ccc2c(c1)[CH]CC2. The van der Waals surface area contributed by atoms with Gasteiger partial charge in [-0.3, -0.25) is 0 Å². The van der Waals surface area contributed by atoms with Crippen LogP contribution in [-0.2, 0) is 12.8 Å². The van der Waals surface area contributed by atoms with Gasteiger partial charge in [-0.15, -0.1) is 0 Å². The summed E-state index contributed by atoms with van der Waals surface area (Å²) >= 11 is 0. The molecule has 0 N–H and O–H groups in total. The van der Waals surface area contributed by atoms with Crippen LogP contribution in [0.25, 0.3) is 0 Å². The van der Waals surface area contributed by atoms with Gasteiger partial charge in [-0.25, -0.2) is 0 Å². The van der Waals surface area contributed by atoms with Gasteiger partial charge < -0.3 is 0 Å². The van der Waals surface area contributed by atoms with Crippen molar-refractivity contribution in [2.24, 2.45) is 0 Å². The molecule has 0 bridgehead atoms. The van der Waals surface area contributed by atoms with Crippen molar-refractivity contribution in [2.45, 2.75) is 51.9 Å². The van der Waals surface area contributed by atoms with E-state index in [9.17, 15) is 0 Å². The van der Waals surface area contributed by atoms with E-state index in [1.165, 1.54) is 56.1 Å². The summed E-state index contributed by atoms with van der Waals surface area (Å²) in [4.78, 5) is 0. The van der Waals surface area contributed by atoms with E-state index in [0.717, 1.165) is 0 Å². The fourth-order valence-corrected chi connectivity index (χ4v) is 2.36. The summed E-state index contributed by atoms with van der Waals surface area (Å²) in [6.45, 7) is 2.27. The van der Waals surface area contributed by atoms with Gasteiger partial charge in [0, 0.05) is 0 Å². The fourth-order valence-electron chi connectivity index (χ4n) is 2.36. The highest BCUT2D eigenvalue weighted by Gasteiger charge is 2.10. The lowest BCUT2D eigenvalue weighted by Gasteiger charge is -2.04. The Morgan fingerprint density at radius 3 is 2.93 bits per heavy atom. The predicted molar refractivity (Wildman–Crippen MR) is 66.0 cm³/mol. The average molecular weight is 201 g/mol. The summed E-state index contributed by atoms with van der Waals surface area (Å²) < 4.78 is 0. The third-order valence-electron chi connectivity index (χ3n) is 3.31. The molecule has 0 heteroatoms. The van der Waals surface area contributed by atoms with Crippen LogP contribution in [0.1, 0.15) is 55.7 Å². The Kier molecular flexibility index (Phi) is 3.82. The molecular formula is C15H21. The van der Waals surface area contributed by atoms with E-state index in [4.69, 9.17) is 0 Å². The second-order valence-electron chi connectivity index (χ2n) is 4.59. The quantitative estimate of drug-likeness (QED) is 0.623. The zero-order valence-electron chi connectivity index (χ0n) is 9.76. The summed E-state index contributed by atoms with van der Waals surface area (Å²) in [6, 6.07) is 7.05. The van der Waals surface area contributed by atoms with E-state index in [2.05, 4.69) is 31.5 Å². The van der Waals surface area contributed by atoms with Gasteiger partial charge in [-0.1, -0.05) is 44.4 Å². The molecule has 1 aromatic carbocycles. The minimum absolute atomic E-state index is 1.24. The highest BCUT2D eigenvalue weighted by molar-refractivity contribution is 5.40. The lowest BCUT2D eigenvalue weighted by atomic mass is 10.0. The van der Waals surface area contributed by atoms with Gasteiger partial charge >= 0.3 is 0 Å². The van der Waals surface area contributed by atoms with E-state index < -0.39 is 0 Å². The van der Waals surface area contributed by atoms with E-state index in [-0.39, 0.29) is 0 Å². The minimum atomic E-state index is 1.24. The van der Waals surface area contributed by atoms with Crippen molar-refractivity contribution in [3.63, 3.8) is 0 Å². The lowest BCUT2D eigenvalue weighted by molar-refractivity contribution is 0.667. The van der Waals surface area contributed by atoms with Crippen molar-refractivity contribution >= 4 is 0 Å². The van der Waals surface area contributed by atoms with Crippen LogP contribution in [0.4, 0.5) is 0 Å². The zero-order chi connectivity index (χ0) is 10.5. The normalized spacial score (nSPS) is 14.2. The van der Waals surface area contributed by atoms with Gasteiger partial charge in [-0.05, 0) is 48.8 Å². The van der Waals surface area contributed by atoms with Crippen LogP contribution < -0.4 is 0 Å². The summed E-state index contributed by atoms with van der Waals surface area (Å²) in [5, 5.41) is 0. The molecule has 81 valence electrons. The molecule has 2 rings (SSSR count). The largest absolute Gasteiger partial charge is 0.0654 e. The molecule has 1 radical (unpaired) electrons. The van der Waals surface area contributed by atoms with Crippen LogP contribution in [0.2, 0.25) is 0 Å². The molecule has 0 aromatic heterocycles. The standard InChI is InChI=1S/C15H21/c1-2-3-4-5-7-13-10-11-14-8-6-9-15(14)12-13/h9-12H,2-8H2,1H3. The van der Waals surface area contributed by atoms with Gasteiger partial charge in [0.15, 0.2) is 0 Å². The van der Waals surface area contributed by atoms with Crippen molar-refractivity contribution in [3.8, 4) is 0 Å². The smallest absolute Gasteiger partial charge is 0.00869 e. The number of aryl methyl sites for hydroxylation is 2. The van der Waals surface area contributed by atoms with Gasteiger partial charge in [0.2, 0.25) is 0 Å². The van der Waals surface area contributed by atoms with Crippen molar-refractivity contribution < 1.29 is 0 Å². The Balaban J connectivity index is 1.87. The monoisotopic (exact) mass is 201 g/mol. The summed E-state index contributed by atoms with van der Waals surface area (Å²) in [5.41, 5.74) is 4.58. The summed E-state index contributed by atoms with van der Waals surface area (Å²) in [6.07, 6.45) is 11.6. The molecule has 0 aliphatic heterocycles. The molecule has 0 heterocycles. The molecule has 0 spiro atoms. The molecule has 0 amide bonds. The minimum Gasteiger partial charge on any atom is -0.0654 e. The molecule has 0 saturated carbocycles. The van der Waals surface area contributed by atoms with E-state index in [0.29, 0.717) is 0 Å². The van der Waals surface area contributed by atoms with E-state index >= 15 is 0 Å². The van der Waals surface area contributed by atoms with Crippen LogP contribution in [0.15, 0.2) is 18.2 Å². The van der Waals surface area contributed by atoms with Crippen molar-refractivity contribution in [1.29, 1.82) is 0 Å². The number of unbranched alkanes of at least 4 members (excludes halogenated alkanes) is 3. The Labute approximate surface area is 93.7 Å². The fraction of sp³-hybridized carbons (Fsp3) is 0.533. The van der Waals surface area contributed by atoms with E-state index in [1.807, 2.05) is 0 Å². The Morgan fingerprint density at radius 2 is 2.07 bits per heavy atom. The second-order valence-corrected chi connectivity index (χ2v) is 4.59. The molecule has 0 unspecified atom stereocenters. The predicted octanol–water partition coefficient (Wildman–Crippen LogP) is 4.31. The molecule has 0 saturated heterocycles. The van der Waals surface area contributed by atoms with Crippen LogP contribution in [0, 0.1) is 6.42 Å². The first-order valence-electron chi connectivity index (χ1n) is 6.35. The molecular weight excluding hydrogens is 180 g/mol. The van der Waals surface area contributed by atoms with Crippen molar-refractivity contribution in [2.75, 3.05) is 0 Å². The van der Waals surface area contributed by atoms with Gasteiger partial charge in [0.05, 0.1) is 0 Å². The number of benzene rings is 1. The van der Waals surface area contributed by atoms with Gasteiger partial charge in [0.1, 0.15) is 0 Å². The maximum Gasteiger partial charge on any atom is -0.00869 e. The van der Waals surface area contributed by atoms with E-state index in [1.54, 1.807) is 5.56 Å². The highest BCUT2D eigenvalue weighted by atomic mass is 14.1. The molecule has 1 aliphatic rings. The third-order valence-corrected chi connectivity index (χ3v) is 3.31. The zero-order valence-corrected chi connectivity index (χ0v) is 9.76. The number of rotatable bonds is 5. The lowest BCUT2D eigenvalue weighted by Crippen LogP contribution is -1.89. The maximum atomic E-state index is 2.40. The topological polar surface area (TPSA) is 0 Å². The van der Waals surface area contributed by atoms with Crippen molar-refractivity contribution in [3.05, 3.63) is 41.3 Å². The molecule has 1 aliphatic carbocycles. The first kappa shape index (κ1) is 10.7. The summed E-state index contributed by atoms with van der Waals surface area (Å²) in [7, 11) is 0. The third kappa shape index (κ3) is 2.84. The number of fused-ring (bicyclic) bond motifs is 1. The molecule has 0 nitrogen and oxygen atoms in total. The number of hydrogen-bond donors (Lipinski definition) is 0. The summed E-state index contributed by atoms with van der Waals surface area (Å²) in [5.74, 6) is 0. The first-order chi connectivity index (χ1) is 7.40. The Bertz CT molecular complexity index is 312. The van der Waals surface area contributed by atoms with Crippen LogP contribution in [0.3, 0.4) is 0 Å². The van der Waals surface area contributed by atoms with Crippen molar-refractivity contribution in [1.82, 2.24) is 0 Å².